The number of carbonyl (C=O) groups is 2. The van der Waals surface area contributed by atoms with Gasteiger partial charge in [-0.05, 0) is 24.6 Å². The number of para-hydroxylation sites is 1. The van der Waals surface area contributed by atoms with Gasteiger partial charge in [0, 0.05) is 45.6 Å². The Hall–Kier alpha value is -2.76. The van der Waals surface area contributed by atoms with Crippen LogP contribution in [0, 0.1) is 0 Å². The molecule has 0 bridgehead atoms. The largest absolute Gasteiger partial charge is 0.415 e. The molecule has 0 unspecified atom stereocenters. The van der Waals surface area contributed by atoms with Crippen LogP contribution in [0.15, 0.2) is 48.8 Å². The summed E-state index contributed by atoms with van der Waals surface area (Å²) in [5, 5.41) is 0. The molecular formula is C18H21N3O3. The minimum atomic E-state index is -0.366. The van der Waals surface area contributed by atoms with Gasteiger partial charge in [-0.3, -0.25) is 4.79 Å². The van der Waals surface area contributed by atoms with Gasteiger partial charge in [0.25, 0.3) is 5.91 Å². The molecule has 1 fully saturated rings. The molecule has 0 radical (unpaired) electrons. The third kappa shape index (κ3) is 3.76. The van der Waals surface area contributed by atoms with Crippen LogP contribution in [0.4, 0.5) is 4.79 Å². The summed E-state index contributed by atoms with van der Waals surface area (Å²) in [4.78, 5) is 28.2. The fourth-order valence-electron chi connectivity index (χ4n) is 2.77. The predicted molar refractivity (Wildman–Crippen MR) is 90.0 cm³/mol. The lowest BCUT2D eigenvalue weighted by molar-refractivity contribution is 0.0760. The fraction of sp³-hybridized carbons (Fsp3) is 0.333. The van der Waals surface area contributed by atoms with Gasteiger partial charge in [0.05, 0.1) is 5.56 Å². The SMILES string of the molecule is Cn1ccc(C(=O)N2CCCN(C(=O)Oc3ccccc3)CC2)c1. The first-order valence-corrected chi connectivity index (χ1v) is 8.06. The molecule has 24 heavy (non-hydrogen) atoms. The van der Waals surface area contributed by atoms with Crippen LogP contribution in [0.3, 0.4) is 0 Å². The molecule has 1 saturated heterocycles. The van der Waals surface area contributed by atoms with Gasteiger partial charge in [0.1, 0.15) is 5.75 Å². The van der Waals surface area contributed by atoms with Crippen LogP contribution in [0.2, 0.25) is 0 Å². The van der Waals surface area contributed by atoms with Crippen molar-refractivity contribution in [3.63, 3.8) is 0 Å². The summed E-state index contributed by atoms with van der Waals surface area (Å²) in [5.41, 5.74) is 0.679. The lowest BCUT2D eigenvalue weighted by atomic mass is 10.3. The van der Waals surface area contributed by atoms with Crippen molar-refractivity contribution in [2.45, 2.75) is 6.42 Å². The highest BCUT2D eigenvalue weighted by atomic mass is 16.6. The van der Waals surface area contributed by atoms with Crippen molar-refractivity contribution in [1.29, 1.82) is 0 Å². The quantitative estimate of drug-likeness (QED) is 0.851. The Morgan fingerprint density at radius 2 is 1.67 bits per heavy atom. The average molecular weight is 327 g/mol. The van der Waals surface area contributed by atoms with E-state index < -0.39 is 0 Å². The fourth-order valence-corrected chi connectivity index (χ4v) is 2.77. The Balaban J connectivity index is 1.58. The zero-order valence-electron chi connectivity index (χ0n) is 13.7. The zero-order valence-corrected chi connectivity index (χ0v) is 13.7. The molecule has 0 atom stereocenters. The Morgan fingerprint density at radius 1 is 0.958 bits per heavy atom. The molecule has 0 N–H and O–H groups in total. The summed E-state index contributed by atoms with van der Waals surface area (Å²) in [6.07, 6.45) is 4.04. The summed E-state index contributed by atoms with van der Waals surface area (Å²) < 4.78 is 7.23. The Morgan fingerprint density at radius 3 is 2.38 bits per heavy atom. The van der Waals surface area contributed by atoms with Crippen molar-refractivity contribution in [1.82, 2.24) is 14.4 Å². The van der Waals surface area contributed by atoms with Crippen molar-refractivity contribution >= 4 is 12.0 Å². The molecule has 126 valence electrons. The normalized spacial score (nSPS) is 15.0. The van der Waals surface area contributed by atoms with E-state index in [9.17, 15) is 9.59 Å². The first-order chi connectivity index (χ1) is 11.6. The van der Waals surface area contributed by atoms with E-state index in [1.54, 1.807) is 21.9 Å². The number of hydrogen-bond donors (Lipinski definition) is 0. The molecule has 1 aromatic heterocycles. The first kappa shape index (κ1) is 16.1. The van der Waals surface area contributed by atoms with Crippen LogP contribution >= 0.6 is 0 Å². The molecule has 0 spiro atoms. The number of ether oxygens (including phenoxy) is 1. The monoisotopic (exact) mass is 327 g/mol. The molecule has 3 rings (SSSR count). The third-order valence-corrected chi connectivity index (χ3v) is 4.07. The number of amides is 2. The molecule has 2 heterocycles. The van der Waals surface area contributed by atoms with Crippen molar-refractivity contribution in [3.8, 4) is 5.75 Å². The number of carbonyl (C=O) groups excluding carboxylic acids is 2. The highest BCUT2D eigenvalue weighted by molar-refractivity contribution is 5.94. The molecule has 1 aromatic carbocycles. The van der Waals surface area contributed by atoms with Gasteiger partial charge in [0.15, 0.2) is 0 Å². The van der Waals surface area contributed by atoms with Crippen molar-refractivity contribution in [2.24, 2.45) is 7.05 Å². The summed E-state index contributed by atoms with van der Waals surface area (Å²) >= 11 is 0. The number of aromatic nitrogens is 1. The standard InChI is InChI=1S/C18H21N3O3/c1-19-11-8-15(14-19)17(22)20-9-5-10-21(13-12-20)18(23)24-16-6-3-2-4-7-16/h2-4,6-8,11,14H,5,9-10,12-13H2,1H3. The van der Waals surface area contributed by atoms with Gasteiger partial charge < -0.3 is 19.1 Å². The Bertz CT molecular complexity index is 711. The van der Waals surface area contributed by atoms with E-state index in [0.29, 0.717) is 37.5 Å². The molecule has 0 saturated carbocycles. The maximum Gasteiger partial charge on any atom is 0.415 e. The second-order valence-electron chi connectivity index (χ2n) is 5.88. The maximum atomic E-state index is 12.5. The summed E-state index contributed by atoms with van der Waals surface area (Å²) in [6.45, 7) is 2.22. The van der Waals surface area contributed by atoms with E-state index in [1.165, 1.54) is 0 Å². The molecule has 1 aliphatic heterocycles. The Labute approximate surface area is 141 Å². The van der Waals surface area contributed by atoms with Gasteiger partial charge in [0.2, 0.25) is 0 Å². The highest BCUT2D eigenvalue weighted by Gasteiger charge is 2.24. The minimum Gasteiger partial charge on any atom is -0.410 e. The predicted octanol–water partition coefficient (Wildman–Crippen LogP) is 2.37. The smallest absolute Gasteiger partial charge is 0.410 e. The molecule has 2 aromatic rings. The highest BCUT2D eigenvalue weighted by Crippen LogP contribution is 2.13. The van der Waals surface area contributed by atoms with Gasteiger partial charge in [-0.15, -0.1) is 0 Å². The third-order valence-electron chi connectivity index (χ3n) is 4.07. The van der Waals surface area contributed by atoms with Crippen LogP contribution in [0.5, 0.6) is 5.75 Å². The second kappa shape index (κ2) is 7.21. The van der Waals surface area contributed by atoms with E-state index in [4.69, 9.17) is 4.74 Å². The molecule has 1 aliphatic rings. The van der Waals surface area contributed by atoms with E-state index in [-0.39, 0.29) is 12.0 Å². The summed E-state index contributed by atoms with van der Waals surface area (Å²) in [7, 11) is 1.89. The Kier molecular flexibility index (Phi) is 4.84. The lowest BCUT2D eigenvalue weighted by Gasteiger charge is -2.21. The van der Waals surface area contributed by atoms with E-state index in [1.807, 2.05) is 48.3 Å². The van der Waals surface area contributed by atoms with Crippen LogP contribution in [-0.2, 0) is 7.05 Å². The van der Waals surface area contributed by atoms with E-state index in [0.717, 1.165) is 6.42 Å². The second-order valence-corrected chi connectivity index (χ2v) is 5.88. The van der Waals surface area contributed by atoms with Crippen LogP contribution in [-0.4, -0.2) is 52.5 Å². The number of benzene rings is 1. The van der Waals surface area contributed by atoms with Gasteiger partial charge in [-0.25, -0.2) is 4.79 Å². The van der Waals surface area contributed by atoms with Crippen LogP contribution in [0.1, 0.15) is 16.8 Å². The lowest BCUT2D eigenvalue weighted by Crippen LogP contribution is -2.38. The van der Waals surface area contributed by atoms with Gasteiger partial charge in [-0.2, -0.15) is 0 Å². The molecule has 6 nitrogen and oxygen atoms in total. The van der Waals surface area contributed by atoms with Crippen molar-refractivity contribution in [3.05, 3.63) is 54.4 Å². The van der Waals surface area contributed by atoms with E-state index >= 15 is 0 Å². The molecule has 2 amide bonds. The number of hydrogen-bond acceptors (Lipinski definition) is 3. The van der Waals surface area contributed by atoms with E-state index in [2.05, 4.69) is 0 Å². The van der Waals surface area contributed by atoms with Crippen LogP contribution in [0.25, 0.3) is 0 Å². The van der Waals surface area contributed by atoms with Crippen LogP contribution < -0.4 is 4.74 Å². The van der Waals surface area contributed by atoms with Gasteiger partial charge in [-0.1, -0.05) is 18.2 Å². The number of rotatable bonds is 2. The molecular weight excluding hydrogens is 306 g/mol. The summed E-state index contributed by atoms with van der Waals surface area (Å²) in [6, 6.07) is 10.8. The topological polar surface area (TPSA) is 54.8 Å². The molecule has 0 aliphatic carbocycles. The first-order valence-electron chi connectivity index (χ1n) is 8.06. The van der Waals surface area contributed by atoms with Crippen molar-refractivity contribution in [2.75, 3.05) is 26.2 Å². The zero-order chi connectivity index (χ0) is 16.9. The number of nitrogens with zero attached hydrogens (tertiary/aromatic N) is 3. The maximum absolute atomic E-state index is 12.5. The summed E-state index contributed by atoms with van der Waals surface area (Å²) in [5.74, 6) is 0.540. The van der Waals surface area contributed by atoms with Gasteiger partial charge >= 0.3 is 6.09 Å². The minimum absolute atomic E-state index is 0.00822. The molecule has 6 heteroatoms. The van der Waals surface area contributed by atoms with Crippen molar-refractivity contribution < 1.29 is 14.3 Å². The number of aryl methyl sites for hydroxylation is 1. The average Bonchev–Trinajstić information content (AvgIpc) is 2.87.